The number of hydrogen-bond acceptors (Lipinski definition) is 4. The average Bonchev–Trinajstić information content (AvgIpc) is 2.18. The van der Waals surface area contributed by atoms with E-state index in [1.807, 2.05) is 30.1 Å². The normalized spacial score (nSPS) is 10.7. The van der Waals surface area contributed by atoms with E-state index in [9.17, 15) is 0 Å². The Morgan fingerprint density at radius 1 is 1.47 bits per heavy atom. The third-order valence-electron chi connectivity index (χ3n) is 2.23. The smallest absolute Gasteiger partial charge is 0.141 e. The minimum atomic E-state index is 0.169. The molecular formula is C11H18N2O2. The molecule has 1 aromatic carbocycles. The summed E-state index contributed by atoms with van der Waals surface area (Å²) in [6, 6.07) is 5.73. The van der Waals surface area contributed by atoms with Crippen LogP contribution in [0.3, 0.4) is 0 Å². The number of aliphatic hydroxyl groups is 1. The number of aliphatic hydroxyl groups excluding tert-OH is 1. The number of nitrogens with zero attached hydrogens (tertiary/aromatic N) is 1. The maximum Gasteiger partial charge on any atom is 0.141 e. The molecular weight excluding hydrogens is 192 g/mol. The predicted octanol–water partition coefficient (Wildman–Crippen LogP) is 0.702. The van der Waals surface area contributed by atoms with E-state index in [0.717, 1.165) is 12.1 Å². The zero-order chi connectivity index (χ0) is 11.3. The first-order chi connectivity index (χ1) is 7.17. The molecule has 0 atom stereocenters. The number of anilines is 1. The zero-order valence-electron chi connectivity index (χ0n) is 9.23. The van der Waals surface area contributed by atoms with Crippen LogP contribution in [0.25, 0.3) is 0 Å². The number of likely N-dealkylation sites (N-methyl/N-ethyl adjacent to an activating group) is 1. The van der Waals surface area contributed by atoms with Crippen LogP contribution in [0.2, 0.25) is 0 Å². The average molecular weight is 210 g/mol. The molecule has 1 rings (SSSR count). The molecule has 0 aromatic heterocycles. The van der Waals surface area contributed by atoms with Gasteiger partial charge in [0, 0.05) is 13.1 Å². The van der Waals surface area contributed by atoms with Gasteiger partial charge in [-0.15, -0.1) is 0 Å². The zero-order valence-corrected chi connectivity index (χ0v) is 9.23. The lowest BCUT2D eigenvalue weighted by Gasteiger charge is -2.15. The lowest BCUT2D eigenvalue weighted by atomic mass is 10.2. The van der Waals surface area contributed by atoms with E-state index < -0.39 is 0 Å². The first-order valence-corrected chi connectivity index (χ1v) is 4.89. The molecule has 15 heavy (non-hydrogen) atoms. The summed E-state index contributed by atoms with van der Waals surface area (Å²) in [7, 11) is 3.56. The van der Waals surface area contributed by atoms with E-state index >= 15 is 0 Å². The molecule has 0 bridgehead atoms. The second-order valence-electron chi connectivity index (χ2n) is 3.54. The monoisotopic (exact) mass is 210 g/mol. The molecule has 0 saturated heterocycles. The van der Waals surface area contributed by atoms with Crippen molar-refractivity contribution in [3.8, 4) is 5.75 Å². The number of rotatable bonds is 5. The minimum Gasteiger partial charge on any atom is -0.495 e. The fraction of sp³-hybridized carbons (Fsp3) is 0.455. The van der Waals surface area contributed by atoms with Gasteiger partial charge in [0.25, 0.3) is 0 Å². The van der Waals surface area contributed by atoms with Crippen LogP contribution in [0.1, 0.15) is 5.56 Å². The Bertz CT molecular complexity index is 315. The second-order valence-corrected chi connectivity index (χ2v) is 3.54. The van der Waals surface area contributed by atoms with E-state index in [1.165, 1.54) is 0 Å². The van der Waals surface area contributed by atoms with Crippen LogP contribution in [-0.2, 0) is 6.54 Å². The van der Waals surface area contributed by atoms with Crippen LogP contribution in [0.15, 0.2) is 18.2 Å². The predicted molar refractivity (Wildman–Crippen MR) is 60.8 cm³/mol. The molecule has 0 radical (unpaired) electrons. The Morgan fingerprint density at radius 3 is 2.73 bits per heavy atom. The molecule has 0 fully saturated rings. The molecule has 1 aromatic rings. The van der Waals surface area contributed by atoms with E-state index in [1.54, 1.807) is 7.11 Å². The Kier molecular flexibility index (Phi) is 4.39. The van der Waals surface area contributed by atoms with Crippen LogP contribution in [0, 0.1) is 0 Å². The van der Waals surface area contributed by atoms with Gasteiger partial charge in [-0.1, -0.05) is 6.07 Å². The first kappa shape index (κ1) is 11.8. The molecule has 0 saturated carbocycles. The van der Waals surface area contributed by atoms with Crippen molar-refractivity contribution >= 4 is 5.69 Å². The van der Waals surface area contributed by atoms with Crippen LogP contribution < -0.4 is 10.5 Å². The lowest BCUT2D eigenvalue weighted by Crippen LogP contribution is -2.21. The molecule has 0 aliphatic rings. The second kappa shape index (κ2) is 5.58. The Labute approximate surface area is 90.3 Å². The Morgan fingerprint density at radius 2 is 2.20 bits per heavy atom. The summed E-state index contributed by atoms with van der Waals surface area (Å²) in [4.78, 5) is 2.03. The maximum absolute atomic E-state index is 8.77. The van der Waals surface area contributed by atoms with Crippen molar-refractivity contribution in [2.45, 2.75) is 6.54 Å². The summed E-state index contributed by atoms with van der Waals surface area (Å²) in [5, 5.41) is 8.77. The van der Waals surface area contributed by atoms with Gasteiger partial charge in [0.2, 0.25) is 0 Å². The molecule has 4 nitrogen and oxygen atoms in total. The van der Waals surface area contributed by atoms with Crippen molar-refractivity contribution < 1.29 is 9.84 Å². The van der Waals surface area contributed by atoms with Crippen LogP contribution in [-0.4, -0.2) is 37.3 Å². The molecule has 0 unspecified atom stereocenters. The van der Waals surface area contributed by atoms with E-state index in [4.69, 9.17) is 15.6 Å². The standard InChI is InChI=1S/C11H18N2O2/c1-13(5-6-14)8-9-3-4-11(15-2)10(12)7-9/h3-4,7,14H,5-6,8,12H2,1-2H3. The number of hydrogen-bond donors (Lipinski definition) is 2. The van der Waals surface area contributed by atoms with Gasteiger partial charge in [0.1, 0.15) is 5.75 Å². The Balaban J connectivity index is 2.66. The first-order valence-electron chi connectivity index (χ1n) is 4.89. The van der Waals surface area contributed by atoms with Gasteiger partial charge in [-0.05, 0) is 24.7 Å². The van der Waals surface area contributed by atoms with Crippen LogP contribution >= 0.6 is 0 Å². The van der Waals surface area contributed by atoms with Gasteiger partial charge in [-0.3, -0.25) is 4.90 Å². The molecule has 3 N–H and O–H groups in total. The number of benzene rings is 1. The molecule has 4 heteroatoms. The highest BCUT2D eigenvalue weighted by atomic mass is 16.5. The van der Waals surface area contributed by atoms with E-state index in [-0.39, 0.29) is 6.61 Å². The lowest BCUT2D eigenvalue weighted by molar-refractivity contribution is 0.217. The highest BCUT2D eigenvalue weighted by Crippen LogP contribution is 2.22. The molecule has 84 valence electrons. The number of ether oxygens (including phenoxy) is 1. The number of methoxy groups -OCH3 is 1. The molecule has 0 amide bonds. The quantitative estimate of drug-likeness (QED) is 0.702. The van der Waals surface area contributed by atoms with Gasteiger partial charge < -0.3 is 15.6 Å². The number of nitrogens with two attached hydrogens (primary N) is 1. The van der Waals surface area contributed by atoms with Gasteiger partial charge >= 0.3 is 0 Å². The Hall–Kier alpha value is -1.26. The summed E-state index contributed by atoms with van der Waals surface area (Å²) >= 11 is 0. The van der Waals surface area contributed by atoms with Crippen molar-refractivity contribution in [1.82, 2.24) is 4.90 Å². The number of nitrogen functional groups attached to an aromatic ring is 1. The van der Waals surface area contributed by atoms with Crippen molar-refractivity contribution in [3.05, 3.63) is 23.8 Å². The fourth-order valence-corrected chi connectivity index (χ4v) is 1.44. The van der Waals surface area contributed by atoms with Gasteiger partial charge in [0.05, 0.1) is 19.4 Å². The van der Waals surface area contributed by atoms with Gasteiger partial charge in [-0.2, -0.15) is 0 Å². The van der Waals surface area contributed by atoms with E-state index in [2.05, 4.69) is 0 Å². The van der Waals surface area contributed by atoms with E-state index in [0.29, 0.717) is 18.0 Å². The third-order valence-corrected chi connectivity index (χ3v) is 2.23. The third kappa shape index (κ3) is 3.42. The van der Waals surface area contributed by atoms with Gasteiger partial charge in [0.15, 0.2) is 0 Å². The van der Waals surface area contributed by atoms with Crippen LogP contribution in [0.5, 0.6) is 5.75 Å². The van der Waals surface area contributed by atoms with Gasteiger partial charge in [-0.25, -0.2) is 0 Å². The summed E-state index contributed by atoms with van der Waals surface area (Å²) in [6.07, 6.45) is 0. The molecule has 0 spiro atoms. The van der Waals surface area contributed by atoms with Crippen molar-refractivity contribution in [2.24, 2.45) is 0 Å². The van der Waals surface area contributed by atoms with Crippen molar-refractivity contribution in [3.63, 3.8) is 0 Å². The summed E-state index contributed by atoms with van der Waals surface area (Å²) in [6.45, 7) is 1.60. The van der Waals surface area contributed by atoms with Crippen molar-refractivity contribution in [1.29, 1.82) is 0 Å². The summed E-state index contributed by atoms with van der Waals surface area (Å²) in [5.41, 5.74) is 7.55. The highest BCUT2D eigenvalue weighted by molar-refractivity contribution is 5.54. The molecule has 0 aliphatic heterocycles. The minimum absolute atomic E-state index is 0.169. The highest BCUT2D eigenvalue weighted by Gasteiger charge is 2.03. The largest absolute Gasteiger partial charge is 0.495 e. The van der Waals surface area contributed by atoms with Crippen LogP contribution in [0.4, 0.5) is 5.69 Å². The molecule has 0 heterocycles. The maximum atomic E-state index is 8.77. The topological polar surface area (TPSA) is 58.7 Å². The summed E-state index contributed by atoms with van der Waals surface area (Å²) < 4.78 is 5.07. The van der Waals surface area contributed by atoms with Crippen molar-refractivity contribution in [2.75, 3.05) is 33.0 Å². The fourth-order valence-electron chi connectivity index (χ4n) is 1.44. The SMILES string of the molecule is COc1ccc(CN(C)CCO)cc1N. The summed E-state index contributed by atoms with van der Waals surface area (Å²) in [5.74, 6) is 0.698. The molecule has 0 aliphatic carbocycles.